The van der Waals surface area contributed by atoms with Gasteiger partial charge in [0.25, 0.3) is 0 Å². The summed E-state index contributed by atoms with van der Waals surface area (Å²) in [5.41, 5.74) is 7.32. The maximum atomic E-state index is 11.0. The second kappa shape index (κ2) is 4.49. The minimum absolute atomic E-state index is 0.0915. The summed E-state index contributed by atoms with van der Waals surface area (Å²) in [6.07, 6.45) is 2.26. The molecule has 0 aliphatic carbocycles. The van der Waals surface area contributed by atoms with Crippen LogP contribution in [0.1, 0.15) is 24.8 Å². The minimum Gasteiger partial charge on any atom is -0.417 e. The van der Waals surface area contributed by atoms with Crippen molar-refractivity contribution in [3.8, 4) is 0 Å². The number of rotatable bonds is 4. The second-order valence-electron chi connectivity index (χ2n) is 4.18. The van der Waals surface area contributed by atoms with E-state index in [1.807, 2.05) is 37.4 Å². The summed E-state index contributed by atoms with van der Waals surface area (Å²) < 4.78 is 1.71. The Morgan fingerprint density at radius 2 is 2.18 bits per heavy atom. The Labute approximate surface area is 99.9 Å². The molecule has 2 N–H and O–H groups in total. The fourth-order valence-electron chi connectivity index (χ4n) is 2.13. The fourth-order valence-corrected chi connectivity index (χ4v) is 2.13. The molecule has 1 heterocycles. The Bertz CT molecular complexity index is 545. The van der Waals surface area contributed by atoms with Crippen LogP contribution in [0.25, 0.3) is 10.9 Å². The zero-order valence-electron chi connectivity index (χ0n) is 10.0. The van der Waals surface area contributed by atoms with Crippen molar-refractivity contribution in [1.82, 2.24) is 4.73 Å². The predicted octanol–water partition coefficient (Wildman–Crippen LogP) is 1.68. The average molecular weight is 232 g/mol. The summed E-state index contributed by atoms with van der Waals surface area (Å²) in [4.78, 5) is 16.2. The Balaban J connectivity index is 2.50. The van der Waals surface area contributed by atoms with Gasteiger partial charge in [-0.15, -0.1) is 0 Å². The van der Waals surface area contributed by atoms with Crippen LogP contribution in [0, 0.1) is 0 Å². The van der Waals surface area contributed by atoms with Crippen LogP contribution in [-0.4, -0.2) is 17.7 Å². The van der Waals surface area contributed by atoms with Crippen molar-refractivity contribution in [1.29, 1.82) is 0 Å². The second-order valence-corrected chi connectivity index (χ2v) is 4.18. The van der Waals surface area contributed by atoms with E-state index in [1.165, 1.54) is 0 Å². The summed E-state index contributed by atoms with van der Waals surface area (Å²) in [5.74, 6) is -0.194. The highest BCUT2D eigenvalue weighted by Gasteiger charge is 2.15. The lowest BCUT2D eigenvalue weighted by atomic mass is 9.97. The molecule has 1 amide bonds. The first kappa shape index (κ1) is 11.5. The first-order chi connectivity index (χ1) is 8.13. The maximum Gasteiger partial charge on any atom is 0.218 e. The molecule has 0 aliphatic rings. The minimum atomic E-state index is -0.285. The van der Waals surface area contributed by atoms with Gasteiger partial charge in [0, 0.05) is 18.0 Å². The predicted molar refractivity (Wildman–Crippen MR) is 66.7 cm³/mol. The summed E-state index contributed by atoms with van der Waals surface area (Å²) in [7, 11) is 1.62. The van der Waals surface area contributed by atoms with Crippen molar-refractivity contribution in [3.63, 3.8) is 0 Å². The molecule has 0 bridgehead atoms. The van der Waals surface area contributed by atoms with Gasteiger partial charge in [-0.1, -0.05) is 25.1 Å². The third-order valence-electron chi connectivity index (χ3n) is 2.94. The highest BCUT2D eigenvalue weighted by molar-refractivity contribution is 5.85. The molecular weight excluding hydrogens is 216 g/mol. The molecule has 2 rings (SSSR count). The van der Waals surface area contributed by atoms with E-state index in [9.17, 15) is 4.79 Å². The van der Waals surface area contributed by atoms with E-state index in [4.69, 9.17) is 10.6 Å². The lowest BCUT2D eigenvalue weighted by Crippen LogP contribution is -2.13. The van der Waals surface area contributed by atoms with Gasteiger partial charge >= 0.3 is 0 Å². The third-order valence-corrected chi connectivity index (χ3v) is 2.94. The number of amides is 1. The van der Waals surface area contributed by atoms with Gasteiger partial charge in [-0.25, -0.2) is 0 Å². The van der Waals surface area contributed by atoms with E-state index in [1.54, 1.807) is 11.8 Å². The van der Waals surface area contributed by atoms with Crippen molar-refractivity contribution in [2.45, 2.75) is 19.3 Å². The maximum absolute atomic E-state index is 11.0. The zero-order valence-corrected chi connectivity index (χ0v) is 10.0. The number of nitrogens with two attached hydrogens (primary N) is 1. The lowest BCUT2D eigenvalue weighted by Gasteiger charge is -2.07. The van der Waals surface area contributed by atoms with Gasteiger partial charge in [0.15, 0.2) is 0 Å². The quantitative estimate of drug-likeness (QED) is 0.871. The molecule has 0 saturated heterocycles. The van der Waals surface area contributed by atoms with Gasteiger partial charge in [-0.3, -0.25) is 4.79 Å². The highest BCUT2D eigenvalue weighted by Crippen LogP contribution is 2.28. The number of para-hydroxylation sites is 1. The Hall–Kier alpha value is -1.97. The molecule has 0 spiro atoms. The van der Waals surface area contributed by atoms with Crippen LogP contribution < -0.4 is 10.6 Å². The molecule has 2 aromatic rings. The number of benzene rings is 1. The van der Waals surface area contributed by atoms with Crippen LogP contribution in [0.4, 0.5) is 0 Å². The van der Waals surface area contributed by atoms with E-state index in [0.29, 0.717) is 6.42 Å². The number of carbonyl (C=O) groups excluding carboxylic acids is 1. The normalized spacial score (nSPS) is 12.6. The van der Waals surface area contributed by atoms with Crippen molar-refractivity contribution >= 4 is 16.8 Å². The number of primary amides is 1. The number of hydrogen-bond acceptors (Lipinski definition) is 2. The zero-order chi connectivity index (χ0) is 12.4. The van der Waals surface area contributed by atoms with Gasteiger partial charge in [0.1, 0.15) is 7.11 Å². The lowest BCUT2D eigenvalue weighted by molar-refractivity contribution is -0.118. The Morgan fingerprint density at radius 3 is 2.82 bits per heavy atom. The number of carbonyl (C=O) groups is 1. The van der Waals surface area contributed by atoms with Crippen LogP contribution in [-0.2, 0) is 4.79 Å². The number of fused-ring (bicyclic) bond motifs is 1. The van der Waals surface area contributed by atoms with Gasteiger partial charge in [-0.05, 0) is 17.5 Å². The van der Waals surface area contributed by atoms with E-state index in [2.05, 4.69) is 0 Å². The molecule has 0 saturated carbocycles. The molecule has 4 nitrogen and oxygen atoms in total. The highest BCUT2D eigenvalue weighted by atomic mass is 16.6. The first-order valence-corrected chi connectivity index (χ1v) is 5.56. The number of hydrogen-bond donors (Lipinski definition) is 1. The van der Waals surface area contributed by atoms with E-state index >= 15 is 0 Å². The SMILES string of the molecule is COn1cc(C(C)CC(N)=O)c2ccccc21. The summed E-state index contributed by atoms with van der Waals surface area (Å²) in [5, 5.41) is 1.10. The van der Waals surface area contributed by atoms with Gasteiger partial charge < -0.3 is 10.6 Å². The number of nitrogens with zero attached hydrogens (tertiary/aromatic N) is 1. The largest absolute Gasteiger partial charge is 0.417 e. The molecule has 1 unspecified atom stereocenters. The van der Waals surface area contributed by atoms with Crippen molar-refractivity contribution in [2.24, 2.45) is 5.73 Å². The molecule has 0 radical (unpaired) electrons. The van der Waals surface area contributed by atoms with Gasteiger partial charge in [-0.2, -0.15) is 4.73 Å². The molecule has 4 heteroatoms. The first-order valence-electron chi connectivity index (χ1n) is 5.56. The average Bonchev–Trinajstić information content (AvgIpc) is 2.67. The summed E-state index contributed by atoms with van der Waals surface area (Å²) in [6.45, 7) is 1.99. The van der Waals surface area contributed by atoms with Crippen LogP contribution >= 0.6 is 0 Å². The van der Waals surface area contributed by atoms with Crippen LogP contribution in [0.15, 0.2) is 30.5 Å². The monoisotopic (exact) mass is 232 g/mol. The van der Waals surface area contributed by atoms with Gasteiger partial charge in [0.05, 0.1) is 5.52 Å². The fraction of sp³-hybridized carbons (Fsp3) is 0.308. The third kappa shape index (κ3) is 2.11. The molecule has 90 valence electrons. The Morgan fingerprint density at radius 1 is 1.47 bits per heavy atom. The van der Waals surface area contributed by atoms with Crippen molar-refractivity contribution < 1.29 is 9.63 Å². The topological polar surface area (TPSA) is 57.2 Å². The van der Waals surface area contributed by atoms with Crippen molar-refractivity contribution in [2.75, 3.05) is 7.11 Å². The Kier molecular flexibility index (Phi) is 3.04. The molecule has 0 fully saturated rings. The standard InChI is InChI=1S/C13H16N2O2/c1-9(7-13(14)16)11-8-15(17-2)12-6-4-3-5-10(11)12/h3-6,8-9H,7H2,1-2H3,(H2,14,16). The molecule has 1 atom stereocenters. The van der Waals surface area contributed by atoms with Crippen molar-refractivity contribution in [3.05, 3.63) is 36.0 Å². The van der Waals surface area contributed by atoms with E-state index in [0.717, 1.165) is 16.5 Å². The molecular formula is C13H16N2O2. The molecule has 17 heavy (non-hydrogen) atoms. The number of aromatic nitrogens is 1. The van der Waals surface area contributed by atoms with Crippen LogP contribution in [0.3, 0.4) is 0 Å². The molecule has 0 aliphatic heterocycles. The smallest absolute Gasteiger partial charge is 0.218 e. The molecule has 1 aromatic heterocycles. The van der Waals surface area contributed by atoms with Crippen LogP contribution in [0.2, 0.25) is 0 Å². The summed E-state index contributed by atoms with van der Waals surface area (Å²) >= 11 is 0. The molecule has 1 aromatic carbocycles. The van der Waals surface area contributed by atoms with E-state index in [-0.39, 0.29) is 11.8 Å². The summed E-state index contributed by atoms with van der Waals surface area (Å²) in [6, 6.07) is 7.94. The van der Waals surface area contributed by atoms with E-state index < -0.39 is 0 Å². The van der Waals surface area contributed by atoms with Crippen LogP contribution in [0.5, 0.6) is 0 Å². The van der Waals surface area contributed by atoms with Gasteiger partial charge in [0.2, 0.25) is 5.91 Å².